The topological polar surface area (TPSA) is 81.5 Å². The second-order valence-corrected chi connectivity index (χ2v) is 5.61. The molecule has 6 nitrogen and oxygen atoms in total. The summed E-state index contributed by atoms with van der Waals surface area (Å²) in [5.41, 5.74) is 1.96. The summed E-state index contributed by atoms with van der Waals surface area (Å²) in [6, 6.07) is 12.7. The van der Waals surface area contributed by atoms with Gasteiger partial charge in [0, 0.05) is 18.1 Å². The standard InChI is InChI=1S/C17H15ClN3O3/c18-12-6-4-11(5-7-12)10-19-8-9-24-14-3-1-2-13-15(14)21-17(23)16(22)20-13/h1-7,19H,8-10H2,(H,20,22). The first-order chi connectivity index (χ1) is 11.6. The molecular weight excluding hydrogens is 330 g/mol. The van der Waals surface area contributed by atoms with Gasteiger partial charge in [-0.25, -0.2) is 0 Å². The van der Waals surface area contributed by atoms with Crippen LogP contribution in [0.25, 0.3) is 0 Å². The van der Waals surface area contributed by atoms with E-state index >= 15 is 0 Å². The van der Waals surface area contributed by atoms with Crippen molar-refractivity contribution >= 4 is 34.8 Å². The maximum absolute atomic E-state index is 11.4. The summed E-state index contributed by atoms with van der Waals surface area (Å²) in [7, 11) is 0. The molecule has 0 aromatic heterocycles. The number of anilines is 1. The van der Waals surface area contributed by atoms with E-state index in [1.54, 1.807) is 18.2 Å². The minimum atomic E-state index is -0.820. The van der Waals surface area contributed by atoms with Crippen LogP contribution in [0.1, 0.15) is 5.56 Å². The highest BCUT2D eigenvalue weighted by molar-refractivity contribution is 6.42. The molecule has 7 heteroatoms. The van der Waals surface area contributed by atoms with Crippen LogP contribution in [0.5, 0.6) is 5.75 Å². The molecule has 0 fully saturated rings. The van der Waals surface area contributed by atoms with Crippen LogP contribution in [0.2, 0.25) is 5.02 Å². The molecule has 123 valence electrons. The Hall–Kier alpha value is -2.57. The summed E-state index contributed by atoms with van der Waals surface area (Å²) >= 11 is 5.84. The van der Waals surface area contributed by atoms with Gasteiger partial charge in [-0.15, -0.1) is 0 Å². The van der Waals surface area contributed by atoms with Crippen molar-refractivity contribution in [1.82, 2.24) is 10.6 Å². The number of halogens is 1. The molecule has 2 N–H and O–H groups in total. The molecule has 24 heavy (non-hydrogen) atoms. The first kappa shape index (κ1) is 16.3. The summed E-state index contributed by atoms with van der Waals surface area (Å²) in [6.07, 6.45) is 0. The van der Waals surface area contributed by atoms with E-state index in [1.165, 1.54) is 0 Å². The monoisotopic (exact) mass is 344 g/mol. The average Bonchev–Trinajstić information content (AvgIpc) is 2.58. The number of rotatable bonds is 6. The van der Waals surface area contributed by atoms with Gasteiger partial charge in [0.1, 0.15) is 18.0 Å². The molecule has 1 aliphatic rings. The van der Waals surface area contributed by atoms with Crippen molar-refractivity contribution in [2.45, 2.75) is 6.54 Å². The number of nitrogens with zero attached hydrogens (tertiary/aromatic N) is 1. The third-order valence-corrected chi connectivity index (χ3v) is 3.69. The Bertz CT molecular complexity index is 762. The second kappa shape index (κ2) is 7.33. The first-order valence-corrected chi connectivity index (χ1v) is 7.79. The SMILES string of the molecule is O=C1[N]c2c(cccc2OCCNCc2ccc(Cl)cc2)NC1=O. The van der Waals surface area contributed by atoms with Crippen molar-refractivity contribution in [3.8, 4) is 5.75 Å². The van der Waals surface area contributed by atoms with Crippen molar-refractivity contribution in [2.75, 3.05) is 18.5 Å². The van der Waals surface area contributed by atoms with Crippen molar-refractivity contribution in [1.29, 1.82) is 0 Å². The van der Waals surface area contributed by atoms with Gasteiger partial charge in [-0.2, -0.15) is 5.32 Å². The van der Waals surface area contributed by atoms with Gasteiger partial charge < -0.3 is 15.4 Å². The minimum absolute atomic E-state index is 0.361. The predicted octanol–water partition coefficient (Wildman–Crippen LogP) is 2.22. The molecule has 2 aromatic rings. The number of hydrogen-bond acceptors (Lipinski definition) is 4. The van der Waals surface area contributed by atoms with Crippen molar-refractivity contribution in [2.24, 2.45) is 0 Å². The number of carbonyl (C=O) groups excluding carboxylic acids is 2. The Balaban J connectivity index is 1.50. The summed E-state index contributed by atoms with van der Waals surface area (Å²) in [5, 5.41) is 10.2. The molecule has 1 radical (unpaired) electrons. The lowest BCUT2D eigenvalue weighted by Gasteiger charge is -2.18. The Labute approximate surface area is 144 Å². The fourth-order valence-corrected chi connectivity index (χ4v) is 2.38. The molecule has 0 bridgehead atoms. The molecule has 0 aliphatic carbocycles. The number of carbonyl (C=O) groups is 2. The van der Waals surface area contributed by atoms with Gasteiger partial charge in [0.15, 0.2) is 0 Å². The summed E-state index contributed by atoms with van der Waals surface area (Å²) in [4.78, 5) is 22.7. The van der Waals surface area contributed by atoms with Crippen LogP contribution in [0.4, 0.5) is 11.4 Å². The molecule has 0 unspecified atom stereocenters. The van der Waals surface area contributed by atoms with Crippen molar-refractivity contribution in [3.63, 3.8) is 0 Å². The number of benzene rings is 2. The van der Waals surface area contributed by atoms with Gasteiger partial charge in [0.25, 0.3) is 0 Å². The summed E-state index contributed by atoms with van der Waals surface area (Å²) < 4.78 is 5.66. The van der Waals surface area contributed by atoms with Crippen LogP contribution < -0.4 is 20.7 Å². The van der Waals surface area contributed by atoms with Crippen molar-refractivity contribution < 1.29 is 14.3 Å². The lowest BCUT2D eigenvalue weighted by molar-refractivity contribution is -0.135. The minimum Gasteiger partial charge on any atom is -0.490 e. The lowest BCUT2D eigenvalue weighted by Crippen LogP contribution is -2.33. The van der Waals surface area contributed by atoms with Crippen LogP contribution >= 0.6 is 11.6 Å². The molecule has 1 heterocycles. The predicted molar refractivity (Wildman–Crippen MR) is 90.5 cm³/mol. The van der Waals surface area contributed by atoms with Crippen LogP contribution in [-0.2, 0) is 16.1 Å². The van der Waals surface area contributed by atoms with E-state index in [9.17, 15) is 9.59 Å². The van der Waals surface area contributed by atoms with Crippen LogP contribution in [0.15, 0.2) is 42.5 Å². The number of hydrogen-bond donors (Lipinski definition) is 2. The fourth-order valence-electron chi connectivity index (χ4n) is 2.25. The zero-order valence-electron chi connectivity index (χ0n) is 12.7. The molecule has 0 saturated carbocycles. The van der Waals surface area contributed by atoms with E-state index < -0.39 is 11.8 Å². The molecule has 0 saturated heterocycles. The van der Waals surface area contributed by atoms with Crippen LogP contribution in [0, 0.1) is 0 Å². The molecule has 1 aliphatic heterocycles. The van der Waals surface area contributed by atoms with Gasteiger partial charge >= 0.3 is 11.8 Å². The molecule has 2 aromatic carbocycles. The average molecular weight is 345 g/mol. The molecule has 2 amide bonds. The van der Waals surface area contributed by atoms with Crippen LogP contribution in [0.3, 0.4) is 0 Å². The molecule has 3 rings (SSSR count). The molecule has 0 atom stereocenters. The van der Waals surface area contributed by atoms with Crippen LogP contribution in [-0.4, -0.2) is 25.0 Å². The number of nitrogens with one attached hydrogen (secondary N) is 2. The van der Waals surface area contributed by atoms with Gasteiger partial charge in [0.05, 0.1) is 5.69 Å². The molecule has 0 spiro atoms. The third kappa shape index (κ3) is 3.84. The maximum Gasteiger partial charge on any atom is 0.336 e. The highest BCUT2D eigenvalue weighted by Gasteiger charge is 2.27. The summed E-state index contributed by atoms with van der Waals surface area (Å²) in [5.74, 6) is -1.09. The maximum atomic E-state index is 11.4. The highest BCUT2D eigenvalue weighted by Crippen LogP contribution is 2.34. The lowest BCUT2D eigenvalue weighted by atomic mass is 10.2. The zero-order valence-corrected chi connectivity index (χ0v) is 13.5. The first-order valence-electron chi connectivity index (χ1n) is 7.41. The Morgan fingerprint density at radius 1 is 1.12 bits per heavy atom. The number of fused-ring (bicyclic) bond motifs is 1. The highest BCUT2D eigenvalue weighted by atomic mass is 35.5. The Morgan fingerprint density at radius 2 is 1.92 bits per heavy atom. The van der Waals surface area contributed by atoms with E-state index in [2.05, 4.69) is 16.0 Å². The van der Waals surface area contributed by atoms with Gasteiger partial charge in [-0.1, -0.05) is 29.8 Å². The van der Waals surface area contributed by atoms with Gasteiger partial charge in [0.2, 0.25) is 0 Å². The van der Waals surface area contributed by atoms with E-state index in [0.717, 1.165) is 5.56 Å². The molecular formula is C17H15ClN3O3. The number of ether oxygens (including phenoxy) is 1. The van der Waals surface area contributed by atoms with Crippen molar-refractivity contribution in [3.05, 3.63) is 53.1 Å². The Kier molecular flexibility index (Phi) is 4.98. The fraction of sp³-hybridized carbons (Fsp3) is 0.176. The quantitative estimate of drug-likeness (QED) is 0.622. The third-order valence-electron chi connectivity index (χ3n) is 3.43. The summed E-state index contributed by atoms with van der Waals surface area (Å²) in [6.45, 7) is 1.72. The van der Waals surface area contributed by atoms with E-state index in [0.29, 0.717) is 41.8 Å². The smallest absolute Gasteiger partial charge is 0.336 e. The van der Waals surface area contributed by atoms with Gasteiger partial charge in [-0.3, -0.25) is 9.59 Å². The van der Waals surface area contributed by atoms with E-state index in [-0.39, 0.29) is 0 Å². The second-order valence-electron chi connectivity index (χ2n) is 5.18. The van der Waals surface area contributed by atoms with E-state index in [4.69, 9.17) is 16.3 Å². The number of amides is 2. The Morgan fingerprint density at radius 3 is 2.71 bits per heavy atom. The van der Waals surface area contributed by atoms with E-state index in [1.807, 2.05) is 24.3 Å². The normalized spacial score (nSPS) is 13.0. The number of para-hydroxylation sites is 1. The zero-order chi connectivity index (χ0) is 16.9. The largest absolute Gasteiger partial charge is 0.490 e. The van der Waals surface area contributed by atoms with Gasteiger partial charge in [-0.05, 0) is 29.8 Å².